The third-order valence-electron chi connectivity index (χ3n) is 16.8. The molecule has 5 N–H and O–H groups in total. The fraction of sp³-hybridized carbons (Fsp3) is 0.625. The summed E-state index contributed by atoms with van der Waals surface area (Å²) in [6.07, 6.45) is 12.0. The largest absolute Gasteiger partial charge is 0.507 e. The Balaban J connectivity index is 1.09. The molecule has 7 bridgehead atoms. The molecule has 11 rings (SSSR count). The van der Waals surface area contributed by atoms with Crippen LogP contribution in [0.5, 0.6) is 17.2 Å². The Hall–Kier alpha value is -5.55. The van der Waals surface area contributed by atoms with Gasteiger partial charge in [0.2, 0.25) is 0 Å². The molecule has 18 nitrogen and oxygen atoms in total. The number of ether oxygens (including phenoxy) is 5. The summed E-state index contributed by atoms with van der Waals surface area (Å²) in [6.45, 7) is 20.1. The van der Waals surface area contributed by atoms with E-state index in [9.17, 15) is 30.0 Å². The Morgan fingerprint density at radius 2 is 1.64 bits per heavy atom. The van der Waals surface area contributed by atoms with Crippen molar-refractivity contribution in [1.82, 2.24) is 14.7 Å². The Kier molecular flexibility index (Phi) is 14.8. The standard InChI is InChI=1S/C56H74N6O12/c1-11-37-38(70-10)15-24-71-54(9)51(67)41-39-40(47(65)35(8)50(41)74-54)48(66)44(43-42(39)58-56(59-43)16-18-60(19-17-56)27-30(2)3)57-52(68)32(5)14-12-13-31(4)45(63)33(6)46(64)34(7)49(37)73-53(69)62-22-20-61(21-23-62)29-55-25-36(26-55)28-72-55/h1,12-15,24,30-31,33-34,36-38,45-46,49,63-66H,16-23,25-29H2,2-10H3,(H,57,68)/b13-12+,24-15+,32-14-/t31-,33+,34+,36?,37+,38-,45-,46+,49-,54-,55?/m0/s1. The smallest absolute Gasteiger partial charge is 0.410 e. The van der Waals surface area contributed by atoms with Crippen LogP contribution < -0.4 is 20.8 Å². The fourth-order valence-corrected chi connectivity index (χ4v) is 12.3. The number of phenols is 2. The molecule has 9 aliphatic rings. The van der Waals surface area contributed by atoms with E-state index in [0.29, 0.717) is 63.9 Å². The second kappa shape index (κ2) is 20.5. The number of aromatic hydroxyl groups is 2. The molecule has 18 heteroatoms. The van der Waals surface area contributed by atoms with Gasteiger partial charge in [-0.2, -0.15) is 0 Å². The minimum absolute atomic E-state index is 0.00798. The van der Waals surface area contributed by atoms with Crippen molar-refractivity contribution in [2.45, 2.75) is 123 Å². The van der Waals surface area contributed by atoms with Crippen LogP contribution in [0.4, 0.5) is 10.5 Å². The van der Waals surface area contributed by atoms with Gasteiger partial charge in [0.15, 0.2) is 11.4 Å². The van der Waals surface area contributed by atoms with Gasteiger partial charge in [-0.1, -0.05) is 58.8 Å². The monoisotopic (exact) mass is 1020 g/mol. The number of aliphatic hydroxyl groups is 2. The van der Waals surface area contributed by atoms with Crippen molar-refractivity contribution >= 4 is 34.2 Å². The number of piperazine rings is 1. The van der Waals surface area contributed by atoms with E-state index in [1.54, 1.807) is 57.7 Å². The SMILES string of the molecule is C#C[C@H]1[C@@H](OC(=O)N2CCN(CC34CC(CO3)C4)CC2)[C@H](C)[C@H](O)[C@H](C)[C@@H](O)[C@@H](C)/C=C/C=C(/C)C(=O)Nc2c(O)c3c(O)c(C)c4c(c3c3c2=NC2(CCN(CC(C)C)CC2)N=3)C(=O)[C@@](C)(O/C=C/[C@@H]1OC)O4. The van der Waals surface area contributed by atoms with Gasteiger partial charge >= 0.3 is 11.9 Å². The second-order valence-corrected chi connectivity index (χ2v) is 22.6. The number of fused-ring (bicyclic) bond motifs is 14. The zero-order chi connectivity index (χ0) is 53.2. The number of methoxy groups -OCH3 is 1. The van der Waals surface area contributed by atoms with Gasteiger partial charge in [0.05, 0.1) is 59.0 Å². The third kappa shape index (κ3) is 9.68. The molecule has 9 atom stereocenters. The van der Waals surface area contributed by atoms with Crippen molar-refractivity contribution in [3.05, 3.63) is 58.0 Å². The Bertz CT molecular complexity index is 2810. The van der Waals surface area contributed by atoms with E-state index < -0.39 is 88.8 Å². The van der Waals surface area contributed by atoms with Crippen LogP contribution >= 0.6 is 0 Å². The lowest BCUT2D eigenvalue weighted by Crippen LogP contribution is -2.55. The van der Waals surface area contributed by atoms with Gasteiger partial charge < -0.3 is 59.2 Å². The number of likely N-dealkylation sites (tertiary alicyclic amines) is 1. The summed E-state index contributed by atoms with van der Waals surface area (Å²) in [6, 6.07) is 0. The number of Topliss-reactive ketones (excluding diaryl/α,β-unsaturated/α-hetero) is 1. The number of nitrogens with one attached hydrogen (secondary N) is 1. The third-order valence-corrected chi connectivity index (χ3v) is 16.8. The van der Waals surface area contributed by atoms with Gasteiger partial charge in [-0.3, -0.25) is 24.5 Å². The van der Waals surface area contributed by atoms with Crippen molar-refractivity contribution < 1.29 is 58.5 Å². The number of carbonyl (C=O) groups is 3. The number of hydrogen-bond donors (Lipinski definition) is 5. The summed E-state index contributed by atoms with van der Waals surface area (Å²) in [5, 5.41) is 51.3. The minimum Gasteiger partial charge on any atom is -0.507 e. The number of aliphatic hydroxyl groups excluding tert-OH is 2. The highest BCUT2D eigenvalue weighted by atomic mass is 16.7. The molecule has 2 aromatic carbocycles. The number of amides is 2. The maximum absolute atomic E-state index is 15.0. The van der Waals surface area contributed by atoms with Crippen molar-refractivity contribution in [2.75, 3.05) is 71.4 Å². The summed E-state index contributed by atoms with van der Waals surface area (Å²) < 4.78 is 31.0. The summed E-state index contributed by atoms with van der Waals surface area (Å²) in [5.74, 6) is -3.50. The maximum Gasteiger partial charge on any atom is 0.410 e. The highest BCUT2D eigenvalue weighted by Gasteiger charge is 2.53. The average Bonchev–Trinajstić information content (AvgIpc) is 4.13. The number of allylic oxidation sites excluding steroid dienone is 2. The van der Waals surface area contributed by atoms with Crippen LogP contribution in [0.1, 0.15) is 90.1 Å². The quantitative estimate of drug-likeness (QED) is 0.195. The highest BCUT2D eigenvalue weighted by Crippen LogP contribution is 2.51. The Morgan fingerprint density at radius 3 is 2.27 bits per heavy atom. The van der Waals surface area contributed by atoms with Crippen LogP contribution in [0.25, 0.3) is 10.8 Å². The van der Waals surface area contributed by atoms with Crippen LogP contribution in [0.15, 0.2) is 46.1 Å². The molecular weight excluding hydrogens is 949 g/mol. The molecule has 1 saturated carbocycles. The van der Waals surface area contributed by atoms with Crippen LogP contribution in [0.2, 0.25) is 0 Å². The lowest BCUT2D eigenvalue weighted by atomic mass is 9.74. The van der Waals surface area contributed by atoms with E-state index >= 15 is 4.79 Å². The fourth-order valence-electron chi connectivity index (χ4n) is 12.3. The first-order valence-corrected chi connectivity index (χ1v) is 26.3. The van der Waals surface area contributed by atoms with Crippen LogP contribution in [0, 0.1) is 54.8 Å². The number of piperidine rings is 1. The van der Waals surface area contributed by atoms with Crippen molar-refractivity contribution in [2.24, 2.45) is 45.5 Å². The van der Waals surface area contributed by atoms with E-state index in [1.165, 1.54) is 26.4 Å². The van der Waals surface area contributed by atoms with E-state index in [1.807, 2.05) is 0 Å². The molecule has 4 saturated heterocycles. The van der Waals surface area contributed by atoms with Crippen molar-refractivity contribution in [3.8, 4) is 29.6 Å². The van der Waals surface area contributed by atoms with E-state index in [2.05, 4.69) is 34.9 Å². The topological polar surface area (TPSA) is 225 Å². The van der Waals surface area contributed by atoms with E-state index in [0.717, 1.165) is 32.5 Å². The minimum atomic E-state index is -2.04. The number of anilines is 1. The number of ketones is 1. The highest BCUT2D eigenvalue weighted by molar-refractivity contribution is 6.19. The first-order valence-electron chi connectivity index (χ1n) is 26.3. The molecule has 1 spiro atoms. The van der Waals surface area contributed by atoms with E-state index in [-0.39, 0.29) is 55.2 Å². The first-order chi connectivity index (χ1) is 35.1. The van der Waals surface area contributed by atoms with Crippen LogP contribution in [-0.2, 0) is 23.7 Å². The number of nitrogens with zero attached hydrogens (tertiary/aromatic N) is 5. The van der Waals surface area contributed by atoms with Crippen molar-refractivity contribution in [1.29, 1.82) is 0 Å². The van der Waals surface area contributed by atoms with Gasteiger partial charge in [-0.25, -0.2) is 4.79 Å². The average molecular weight is 1020 g/mol. The maximum atomic E-state index is 15.0. The predicted octanol–water partition coefficient (Wildman–Crippen LogP) is 4.73. The van der Waals surface area contributed by atoms with Gasteiger partial charge in [0.1, 0.15) is 28.6 Å². The van der Waals surface area contributed by atoms with E-state index in [4.69, 9.17) is 40.1 Å². The van der Waals surface area contributed by atoms with Gasteiger partial charge in [-0.05, 0) is 44.6 Å². The van der Waals surface area contributed by atoms with Crippen LogP contribution in [0.3, 0.4) is 0 Å². The molecule has 0 radical (unpaired) electrons. The number of rotatable bonds is 6. The summed E-state index contributed by atoms with van der Waals surface area (Å²) >= 11 is 0. The summed E-state index contributed by atoms with van der Waals surface area (Å²) in [7, 11) is 1.42. The van der Waals surface area contributed by atoms with Gasteiger partial charge in [0.25, 0.3) is 11.7 Å². The Labute approximate surface area is 433 Å². The molecule has 5 fully saturated rings. The summed E-state index contributed by atoms with van der Waals surface area (Å²) in [4.78, 5) is 60.0. The molecule has 8 heterocycles. The van der Waals surface area contributed by atoms with Crippen molar-refractivity contribution in [3.63, 3.8) is 0 Å². The molecule has 400 valence electrons. The van der Waals surface area contributed by atoms with Gasteiger partial charge in [0, 0.05) is 114 Å². The Morgan fingerprint density at radius 1 is 0.946 bits per heavy atom. The molecule has 74 heavy (non-hydrogen) atoms. The molecule has 8 aliphatic heterocycles. The molecule has 1 aliphatic carbocycles. The predicted molar refractivity (Wildman–Crippen MR) is 275 cm³/mol. The number of terminal acetylenes is 1. The number of phenolic OH excluding ortho intramolecular Hbond substituents is 2. The first kappa shape index (κ1) is 53.3. The normalized spacial score (nSPS) is 34.9. The number of carbonyl (C=O) groups excluding carboxylic acids is 3. The summed E-state index contributed by atoms with van der Waals surface area (Å²) in [5.41, 5.74) is -0.772. The lowest BCUT2D eigenvalue weighted by molar-refractivity contribution is -0.112. The van der Waals surface area contributed by atoms with Gasteiger partial charge in [-0.15, -0.1) is 6.42 Å². The molecule has 0 aromatic heterocycles. The molecule has 0 unspecified atom stereocenters. The second-order valence-electron chi connectivity index (χ2n) is 22.6. The molecule has 2 amide bonds. The number of hydrogen-bond acceptors (Lipinski definition) is 16. The number of benzene rings is 2. The lowest BCUT2D eigenvalue weighted by Gasteiger charge is -2.43. The molecular formula is C56H74N6O12. The molecule has 2 aromatic rings. The zero-order valence-corrected chi connectivity index (χ0v) is 44.2. The zero-order valence-electron chi connectivity index (χ0n) is 44.2. The van der Waals surface area contributed by atoms with Crippen LogP contribution in [-0.4, -0.2) is 160 Å².